The summed E-state index contributed by atoms with van der Waals surface area (Å²) in [6.45, 7) is 8.52. The molecule has 0 bridgehead atoms. The maximum absolute atomic E-state index is 11.1. The molecule has 0 amide bonds. The minimum absolute atomic E-state index is 0.407. The van der Waals surface area contributed by atoms with Gasteiger partial charge in [0.1, 0.15) is 10.8 Å². The Morgan fingerprint density at radius 1 is 0.920 bits per heavy atom. The molecule has 2 heterocycles. The predicted molar refractivity (Wildman–Crippen MR) is 81.6 cm³/mol. The van der Waals surface area contributed by atoms with Crippen LogP contribution in [-0.2, 0) is 10.8 Å². The van der Waals surface area contributed by atoms with Crippen LogP contribution in [0, 0.1) is 37.9 Å². The topological polar surface area (TPSA) is 86.2 Å². The first kappa shape index (κ1) is 19.8. The van der Waals surface area contributed by atoms with Crippen LogP contribution in [0.1, 0.15) is 41.6 Å². The van der Waals surface area contributed by atoms with E-state index in [4.69, 9.17) is 4.29 Å². The van der Waals surface area contributed by atoms with Gasteiger partial charge in [0.15, 0.2) is 23.8 Å². The molecule has 0 saturated carbocycles. The van der Waals surface area contributed by atoms with Gasteiger partial charge in [-0.2, -0.15) is 18.5 Å². The molecule has 0 saturated heterocycles. The highest BCUT2D eigenvalue weighted by Gasteiger charge is 2.37. The fraction of sp³-hybridized carbons (Fsp3) is 0.444. The molecular formula is C18H25ClN2O4+2. The summed E-state index contributed by atoms with van der Waals surface area (Å²) in [5.74, 6) is 0. The maximum Gasteiger partial charge on any atom is 0.407 e. The van der Waals surface area contributed by atoms with E-state index in [1.54, 1.807) is 10.8 Å². The highest BCUT2D eigenvalue weighted by atomic mass is 35.7. The Balaban J connectivity index is 2.14. The van der Waals surface area contributed by atoms with Crippen LogP contribution in [0.15, 0.2) is 36.7 Å². The molecule has 0 spiro atoms. The van der Waals surface area contributed by atoms with Gasteiger partial charge in [0.05, 0.1) is 16.7 Å². The standard InChI is InChI=1S/C18H25ClN2O4/c1-14-7-9-16(3)20(12-14)11-5-6-18(25-19(22,23)24)21-13-15(2)8-10-17(21)4/h7-10,12-13,18H,5-6,11H2,1-4H3/q+2. The van der Waals surface area contributed by atoms with E-state index in [1.807, 2.05) is 52.0 Å². The summed E-state index contributed by atoms with van der Waals surface area (Å²) in [7, 11) is -4.50. The van der Waals surface area contributed by atoms with Crippen LogP contribution in [-0.4, -0.2) is 0 Å². The SMILES string of the molecule is Cc1ccc(C)[n+](CCCC(O[Cl+3]([O-])([O-])[O-])[n+]2cc(C)ccc2C)c1. The van der Waals surface area contributed by atoms with Gasteiger partial charge in [0.25, 0.3) is 0 Å². The van der Waals surface area contributed by atoms with Crippen molar-refractivity contribution < 1.29 is 37.6 Å². The summed E-state index contributed by atoms with van der Waals surface area (Å²) in [5, 5.41) is 0. The average Bonchev–Trinajstić information content (AvgIpc) is 2.51. The lowest BCUT2D eigenvalue weighted by Crippen LogP contribution is -2.64. The van der Waals surface area contributed by atoms with E-state index in [1.165, 1.54) is 0 Å². The van der Waals surface area contributed by atoms with Gasteiger partial charge in [-0.05, 0) is 26.0 Å². The monoisotopic (exact) mass is 368 g/mol. The molecule has 0 radical (unpaired) electrons. The molecular weight excluding hydrogens is 344 g/mol. The molecule has 1 atom stereocenters. The fourth-order valence-electron chi connectivity index (χ4n) is 2.78. The second-order valence-corrected chi connectivity index (χ2v) is 7.29. The van der Waals surface area contributed by atoms with E-state index in [9.17, 15) is 14.0 Å². The lowest BCUT2D eigenvalue weighted by molar-refractivity contribution is -1.92. The number of nitrogens with zero attached hydrogens (tertiary/aromatic N) is 2. The van der Waals surface area contributed by atoms with Crippen molar-refractivity contribution in [1.29, 1.82) is 0 Å². The lowest BCUT2D eigenvalue weighted by Gasteiger charge is -2.16. The minimum atomic E-state index is -4.50. The van der Waals surface area contributed by atoms with E-state index in [0.29, 0.717) is 19.4 Å². The van der Waals surface area contributed by atoms with Crippen molar-refractivity contribution in [3.63, 3.8) is 0 Å². The van der Waals surface area contributed by atoms with Crippen molar-refractivity contribution in [2.45, 2.75) is 53.3 Å². The van der Waals surface area contributed by atoms with Gasteiger partial charge < -0.3 is 0 Å². The van der Waals surface area contributed by atoms with Crippen LogP contribution in [0.25, 0.3) is 0 Å². The van der Waals surface area contributed by atoms with E-state index < -0.39 is 16.5 Å². The van der Waals surface area contributed by atoms with Crippen LogP contribution in [0.3, 0.4) is 0 Å². The minimum Gasteiger partial charge on any atom is -0.202 e. The largest absolute Gasteiger partial charge is 0.407 e. The molecule has 0 N–H and O–H groups in total. The summed E-state index contributed by atoms with van der Waals surface area (Å²) in [6, 6.07) is 7.90. The predicted octanol–water partition coefficient (Wildman–Crippen LogP) is -0.612. The van der Waals surface area contributed by atoms with Gasteiger partial charge in [0.2, 0.25) is 0 Å². The van der Waals surface area contributed by atoms with Crippen molar-refractivity contribution in [1.82, 2.24) is 0 Å². The molecule has 2 aromatic rings. The zero-order chi connectivity index (χ0) is 18.6. The summed E-state index contributed by atoms with van der Waals surface area (Å²) >= 11 is 0. The molecule has 7 heteroatoms. The molecule has 0 aromatic carbocycles. The van der Waals surface area contributed by atoms with Gasteiger partial charge in [-0.25, -0.2) is 4.57 Å². The van der Waals surface area contributed by atoms with E-state index in [-0.39, 0.29) is 0 Å². The number of rotatable bonds is 7. The Labute approximate surface area is 150 Å². The van der Waals surface area contributed by atoms with Crippen LogP contribution >= 0.6 is 0 Å². The van der Waals surface area contributed by atoms with Gasteiger partial charge >= 0.3 is 6.23 Å². The molecule has 0 aliphatic rings. The quantitative estimate of drug-likeness (QED) is 0.610. The van der Waals surface area contributed by atoms with Gasteiger partial charge in [-0.3, -0.25) is 0 Å². The molecule has 25 heavy (non-hydrogen) atoms. The Morgan fingerprint density at radius 2 is 1.52 bits per heavy atom. The summed E-state index contributed by atoms with van der Waals surface area (Å²) in [4.78, 5) is 0. The highest BCUT2D eigenvalue weighted by Crippen LogP contribution is 2.14. The molecule has 0 fully saturated rings. The Hall–Kier alpha value is -1.57. The average molecular weight is 369 g/mol. The lowest BCUT2D eigenvalue weighted by atomic mass is 10.2. The van der Waals surface area contributed by atoms with Gasteiger partial charge in [-0.1, -0.05) is 0 Å². The van der Waals surface area contributed by atoms with Gasteiger partial charge in [-0.15, -0.1) is 0 Å². The van der Waals surface area contributed by atoms with Crippen LogP contribution in [0.2, 0.25) is 0 Å². The second-order valence-electron chi connectivity index (χ2n) is 6.36. The summed E-state index contributed by atoms with van der Waals surface area (Å²) in [6.07, 6.45) is 4.08. The Kier molecular flexibility index (Phi) is 6.48. The third-order valence-corrected chi connectivity index (χ3v) is 4.53. The second kappa shape index (κ2) is 8.21. The Morgan fingerprint density at radius 3 is 2.16 bits per heavy atom. The normalized spacial score (nSPS) is 13.1. The first-order chi connectivity index (χ1) is 11.7. The Bertz CT molecular complexity index is 732. The molecule has 2 rings (SSSR count). The number of halogens is 1. The zero-order valence-electron chi connectivity index (χ0n) is 15.1. The first-order valence-electron chi connectivity index (χ1n) is 8.20. The third kappa shape index (κ3) is 6.02. The van der Waals surface area contributed by atoms with Crippen molar-refractivity contribution in [2.24, 2.45) is 0 Å². The van der Waals surface area contributed by atoms with Crippen LogP contribution in [0.5, 0.6) is 0 Å². The molecule has 2 aromatic heterocycles. The van der Waals surface area contributed by atoms with Crippen molar-refractivity contribution >= 4 is 0 Å². The highest BCUT2D eigenvalue weighted by molar-refractivity contribution is 5.06. The zero-order valence-corrected chi connectivity index (χ0v) is 15.8. The number of hydrogen-bond acceptors (Lipinski definition) is 4. The van der Waals surface area contributed by atoms with Crippen molar-refractivity contribution in [3.05, 3.63) is 59.2 Å². The first-order valence-corrected chi connectivity index (χ1v) is 9.43. The maximum atomic E-state index is 11.1. The number of aryl methyl sites for hydroxylation is 5. The smallest absolute Gasteiger partial charge is 0.202 e. The fourth-order valence-corrected chi connectivity index (χ4v) is 3.21. The third-order valence-electron chi connectivity index (χ3n) is 4.11. The molecule has 0 aliphatic carbocycles. The number of aromatic nitrogens is 2. The number of pyridine rings is 2. The van der Waals surface area contributed by atoms with E-state index in [0.717, 1.165) is 22.5 Å². The van der Waals surface area contributed by atoms with Crippen LogP contribution < -0.4 is 23.1 Å². The van der Waals surface area contributed by atoms with E-state index in [2.05, 4.69) is 10.8 Å². The molecule has 1 unspecified atom stereocenters. The van der Waals surface area contributed by atoms with Gasteiger partial charge in [0, 0.05) is 43.5 Å². The molecule has 136 valence electrons. The van der Waals surface area contributed by atoms with Crippen LogP contribution in [0.4, 0.5) is 0 Å². The summed E-state index contributed by atoms with van der Waals surface area (Å²) < 4.78 is 42.0. The summed E-state index contributed by atoms with van der Waals surface area (Å²) in [5.41, 5.74) is 4.07. The van der Waals surface area contributed by atoms with Crippen molar-refractivity contribution in [3.8, 4) is 0 Å². The molecule has 6 nitrogen and oxygen atoms in total. The number of hydrogen-bond donors (Lipinski definition) is 0. The van der Waals surface area contributed by atoms with E-state index >= 15 is 0 Å². The molecule has 0 aliphatic heterocycles. The van der Waals surface area contributed by atoms with Crippen molar-refractivity contribution in [2.75, 3.05) is 0 Å².